The Balaban J connectivity index is 1.99. The number of benzene rings is 2. The molecule has 0 unspecified atom stereocenters. The third-order valence-electron chi connectivity index (χ3n) is 5.23. The Hall–Kier alpha value is -1.96. The Morgan fingerprint density at radius 3 is 2.58 bits per heavy atom. The summed E-state index contributed by atoms with van der Waals surface area (Å²) in [6, 6.07) is 12.4. The van der Waals surface area contributed by atoms with Crippen LogP contribution >= 0.6 is 0 Å². The minimum absolute atomic E-state index is 0.106. The molecule has 1 heterocycles. The van der Waals surface area contributed by atoms with E-state index in [4.69, 9.17) is 0 Å². The molecule has 0 saturated carbocycles. The summed E-state index contributed by atoms with van der Waals surface area (Å²) in [5.41, 5.74) is -1.46. The Morgan fingerprint density at radius 1 is 1.23 bits per heavy atom. The number of nitrogens with zero attached hydrogens (tertiary/aromatic N) is 1. The van der Waals surface area contributed by atoms with Gasteiger partial charge in [0.25, 0.3) is 0 Å². The van der Waals surface area contributed by atoms with E-state index in [2.05, 4.69) is 0 Å². The molecule has 0 radical (unpaired) electrons. The molecule has 0 aliphatic carbocycles. The summed E-state index contributed by atoms with van der Waals surface area (Å²) in [6.07, 6.45) is -0.164. The third kappa shape index (κ3) is 3.11. The molecule has 3 rings (SSSR count). The maximum absolute atomic E-state index is 13.1. The molecule has 0 spiro atoms. The Bertz CT molecular complexity index is 926. The molecule has 2 N–H and O–H groups in total. The molecule has 6 nitrogen and oxygen atoms in total. The Labute approximate surface area is 153 Å². The number of hydrogen-bond acceptors (Lipinski definition) is 4. The van der Waals surface area contributed by atoms with Crippen molar-refractivity contribution in [3.05, 3.63) is 42.5 Å². The highest BCUT2D eigenvalue weighted by atomic mass is 32.2. The lowest BCUT2D eigenvalue weighted by molar-refractivity contribution is -0.161. The summed E-state index contributed by atoms with van der Waals surface area (Å²) >= 11 is 0. The summed E-state index contributed by atoms with van der Waals surface area (Å²) in [6.45, 7) is 1.72. The fraction of sp³-hybridized carbons (Fsp3) is 0.421. The number of fused-ring (bicyclic) bond motifs is 1. The van der Waals surface area contributed by atoms with E-state index in [-0.39, 0.29) is 30.8 Å². The van der Waals surface area contributed by atoms with E-state index in [9.17, 15) is 23.4 Å². The van der Waals surface area contributed by atoms with Crippen LogP contribution < -0.4 is 0 Å². The number of aliphatic carboxylic acids is 1. The summed E-state index contributed by atoms with van der Waals surface area (Å²) in [7, 11) is -3.84. The zero-order valence-electron chi connectivity index (χ0n) is 14.6. The number of aliphatic hydroxyl groups excluding tert-OH is 1. The van der Waals surface area contributed by atoms with Gasteiger partial charge in [-0.05, 0) is 35.7 Å². The van der Waals surface area contributed by atoms with Crippen LogP contribution in [0.25, 0.3) is 10.8 Å². The predicted octanol–water partition coefficient (Wildman–Crippen LogP) is 2.47. The molecule has 2 atom stereocenters. The smallest absolute Gasteiger partial charge is 0.313 e. The summed E-state index contributed by atoms with van der Waals surface area (Å²) in [4.78, 5) is 12.0. The van der Waals surface area contributed by atoms with E-state index in [1.807, 2.05) is 31.2 Å². The van der Waals surface area contributed by atoms with Crippen molar-refractivity contribution >= 4 is 26.8 Å². The van der Waals surface area contributed by atoms with Crippen LogP contribution in [0.1, 0.15) is 26.2 Å². The van der Waals surface area contributed by atoms with Gasteiger partial charge in [0.1, 0.15) is 5.41 Å². The van der Waals surface area contributed by atoms with Crippen molar-refractivity contribution in [1.29, 1.82) is 0 Å². The SMILES string of the molecule is CCC[C@]1(C(=O)O)CN(S(=O)(=O)c2ccc3ccccc3c2)CC[C@@H]1O. The minimum Gasteiger partial charge on any atom is -0.481 e. The van der Waals surface area contributed by atoms with Crippen LogP contribution in [0.2, 0.25) is 0 Å². The van der Waals surface area contributed by atoms with Gasteiger partial charge in [-0.1, -0.05) is 43.7 Å². The van der Waals surface area contributed by atoms with Crippen LogP contribution in [0.3, 0.4) is 0 Å². The lowest BCUT2D eigenvalue weighted by Crippen LogP contribution is -2.57. The van der Waals surface area contributed by atoms with Gasteiger partial charge in [-0.25, -0.2) is 8.42 Å². The van der Waals surface area contributed by atoms with Gasteiger partial charge in [0.15, 0.2) is 0 Å². The van der Waals surface area contributed by atoms with E-state index in [0.717, 1.165) is 10.8 Å². The molecule has 7 heteroatoms. The van der Waals surface area contributed by atoms with Crippen molar-refractivity contribution in [2.45, 2.75) is 37.2 Å². The third-order valence-corrected chi connectivity index (χ3v) is 7.07. The molecule has 26 heavy (non-hydrogen) atoms. The van der Waals surface area contributed by atoms with Crippen LogP contribution in [0.5, 0.6) is 0 Å². The molecule has 140 valence electrons. The average molecular weight is 377 g/mol. The first-order valence-corrected chi connectivity index (χ1v) is 10.2. The van der Waals surface area contributed by atoms with Gasteiger partial charge in [0.05, 0.1) is 11.0 Å². The van der Waals surface area contributed by atoms with Gasteiger partial charge in [0.2, 0.25) is 10.0 Å². The van der Waals surface area contributed by atoms with Crippen molar-refractivity contribution in [3.8, 4) is 0 Å². The van der Waals surface area contributed by atoms with Crippen molar-refractivity contribution in [2.75, 3.05) is 13.1 Å². The van der Waals surface area contributed by atoms with Gasteiger partial charge in [0, 0.05) is 13.1 Å². The van der Waals surface area contributed by atoms with E-state index < -0.39 is 27.5 Å². The molecule has 0 bridgehead atoms. The van der Waals surface area contributed by atoms with Crippen LogP contribution in [0, 0.1) is 5.41 Å². The fourth-order valence-corrected chi connectivity index (χ4v) is 5.29. The lowest BCUT2D eigenvalue weighted by atomic mass is 9.74. The van der Waals surface area contributed by atoms with Crippen molar-refractivity contribution < 1.29 is 23.4 Å². The number of carboxylic acid groups (broad SMARTS) is 1. The Morgan fingerprint density at radius 2 is 1.92 bits per heavy atom. The number of hydrogen-bond donors (Lipinski definition) is 2. The first-order valence-electron chi connectivity index (χ1n) is 8.71. The topological polar surface area (TPSA) is 94.9 Å². The molecular formula is C19H23NO5S. The number of piperidine rings is 1. The van der Waals surface area contributed by atoms with Crippen LogP contribution in [0.15, 0.2) is 47.4 Å². The van der Waals surface area contributed by atoms with E-state index in [1.54, 1.807) is 18.2 Å². The van der Waals surface area contributed by atoms with Crippen molar-refractivity contribution in [3.63, 3.8) is 0 Å². The number of carboxylic acids is 1. The van der Waals surface area contributed by atoms with E-state index in [0.29, 0.717) is 6.42 Å². The molecule has 2 aromatic rings. The van der Waals surface area contributed by atoms with Gasteiger partial charge in [-0.15, -0.1) is 0 Å². The monoisotopic (exact) mass is 377 g/mol. The second-order valence-electron chi connectivity index (χ2n) is 6.86. The van der Waals surface area contributed by atoms with E-state index >= 15 is 0 Å². The van der Waals surface area contributed by atoms with E-state index in [1.165, 1.54) is 4.31 Å². The van der Waals surface area contributed by atoms with Gasteiger partial charge >= 0.3 is 5.97 Å². The maximum atomic E-state index is 13.1. The number of carbonyl (C=O) groups is 1. The quantitative estimate of drug-likeness (QED) is 0.835. The zero-order chi connectivity index (χ0) is 18.9. The minimum atomic E-state index is -3.84. The maximum Gasteiger partial charge on any atom is 0.313 e. The standard InChI is InChI=1S/C19H23NO5S/c1-2-10-19(18(22)23)13-20(11-9-17(19)21)26(24,25)16-8-7-14-5-3-4-6-15(14)12-16/h3-8,12,17,21H,2,9-11,13H2,1H3,(H,22,23)/t17-,19-/m0/s1. The predicted molar refractivity (Wildman–Crippen MR) is 98.3 cm³/mol. The lowest BCUT2D eigenvalue weighted by Gasteiger charge is -2.42. The van der Waals surface area contributed by atoms with Gasteiger partial charge in [-0.2, -0.15) is 4.31 Å². The van der Waals surface area contributed by atoms with Crippen molar-refractivity contribution in [2.24, 2.45) is 5.41 Å². The fourth-order valence-electron chi connectivity index (χ4n) is 3.73. The van der Waals surface area contributed by atoms with Gasteiger partial charge < -0.3 is 10.2 Å². The highest BCUT2D eigenvalue weighted by molar-refractivity contribution is 7.89. The van der Waals surface area contributed by atoms with Crippen molar-refractivity contribution in [1.82, 2.24) is 4.31 Å². The zero-order valence-corrected chi connectivity index (χ0v) is 15.4. The van der Waals surface area contributed by atoms with Crippen LogP contribution in [-0.4, -0.2) is 48.1 Å². The first-order chi connectivity index (χ1) is 12.3. The molecule has 0 amide bonds. The van der Waals surface area contributed by atoms with Crippen LogP contribution in [0.4, 0.5) is 0 Å². The molecule has 1 aliphatic heterocycles. The first kappa shape index (κ1) is 18.8. The summed E-state index contributed by atoms with van der Waals surface area (Å²) < 4.78 is 27.4. The van der Waals surface area contributed by atoms with Gasteiger partial charge in [-0.3, -0.25) is 4.79 Å². The molecule has 1 fully saturated rings. The highest BCUT2D eigenvalue weighted by Gasteiger charge is 2.50. The normalized spacial score (nSPS) is 24.6. The summed E-state index contributed by atoms with van der Waals surface area (Å²) in [5.74, 6) is -1.15. The molecule has 1 saturated heterocycles. The number of rotatable bonds is 5. The second kappa shape index (κ2) is 6.98. The largest absolute Gasteiger partial charge is 0.481 e. The van der Waals surface area contributed by atoms with Crippen LogP contribution in [-0.2, 0) is 14.8 Å². The number of aliphatic hydroxyl groups is 1. The molecular weight excluding hydrogens is 354 g/mol. The Kier molecular flexibility index (Phi) is 5.05. The summed E-state index contributed by atoms with van der Waals surface area (Å²) in [5, 5.41) is 21.8. The molecule has 2 aromatic carbocycles. The molecule has 1 aliphatic rings. The average Bonchev–Trinajstić information content (AvgIpc) is 2.63. The number of sulfonamides is 1. The highest BCUT2D eigenvalue weighted by Crippen LogP contribution is 2.37. The second-order valence-corrected chi connectivity index (χ2v) is 8.80. The molecule has 0 aromatic heterocycles.